The van der Waals surface area contributed by atoms with Crippen LogP contribution < -0.4 is 0 Å². The summed E-state index contributed by atoms with van der Waals surface area (Å²) in [5.74, 6) is -1.57. The van der Waals surface area contributed by atoms with Crippen LogP contribution in [0, 0.1) is 24.2 Å². The molecule has 1 aromatic heterocycles. The minimum Gasteiger partial charge on any atom is -0.458 e. The van der Waals surface area contributed by atoms with E-state index in [1.807, 2.05) is 32.2 Å². The number of aliphatic hydroxyl groups excluding tert-OH is 3. The number of aryl methyl sites for hydroxylation is 1. The van der Waals surface area contributed by atoms with Crippen molar-refractivity contribution in [1.29, 1.82) is 0 Å². The fraction of sp³-hybridized carbons (Fsp3) is 0.750. The molecule has 2 saturated heterocycles. The molecule has 0 saturated carbocycles. The SMILES string of the molecule is C/C(=C\c1csc(C)n1)C1CC2[C@@H](CCC[C@H](C)[C@H](O)[C@@H](C)C(=O)C(C)(C)[C@@H](O)CC(=O)O1)N2CCO. The van der Waals surface area contributed by atoms with Crippen LogP contribution in [-0.2, 0) is 14.3 Å². The highest BCUT2D eigenvalue weighted by Gasteiger charge is 2.48. The first-order chi connectivity index (χ1) is 17.4. The van der Waals surface area contributed by atoms with E-state index in [0.29, 0.717) is 13.0 Å². The molecular weight excluding hydrogens is 492 g/mol. The van der Waals surface area contributed by atoms with E-state index >= 15 is 0 Å². The zero-order valence-electron chi connectivity index (χ0n) is 23.0. The molecule has 8 nitrogen and oxygen atoms in total. The lowest BCUT2D eigenvalue weighted by Crippen LogP contribution is -2.45. The Kier molecular flexibility index (Phi) is 10.1. The Morgan fingerprint density at radius 1 is 1.24 bits per heavy atom. The normalized spacial score (nSPS) is 36.1. The van der Waals surface area contributed by atoms with Crippen LogP contribution in [0.2, 0.25) is 0 Å². The third kappa shape index (κ3) is 7.26. The Bertz CT molecular complexity index is 976. The predicted octanol–water partition coefficient (Wildman–Crippen LogP) is 3.37. The van der Waals surface area contributed by atoms with Crippen molar-refractivity contribution in [1.82, 2.24) is 9.88 Å². The topological polar surface area (TPSA) is 120 Å². The first-order valence-corrected chi connectivity index (χ1v) is 14.3. The van der Waals surface area contributed by atoms with Crippen molar-refractivity contribution >= 4 is 29.2 Å². The van der Waals surface area contributed by atoms with Gasteiger partial charge in [0.15, 0.2) is 0 Å². The maximum absolute atomic E-state index is 13.3. The fourth-order valence-electron chi connectivity index (χ4n) is 5.65. The van der Waals surface area contributed by atoms with Gasteiger partial charge in [-0.25, -0.2) is 4.98 Å². The maximum Gasteiger partial charge on any atom is 0.309 e. The summed E-state index contributed by atoms with van der Waals surface area (Å²) in [6, 6.07) is 0.434. The summed E-state index contributed by atoms with van der Waals surface area (Å²) in [4.78, 5) is 33.1. The number of cyclic esters (lactones) is 1. The van der Waals surface area contributed by atoms with Gasteiger partial charge in [-0.1, -0.05) is 34.1 Å². The zero-order chi connectivity index (χ0) is 27.5. The summed E-state index contributed by atoms with van der Waals surface area (Å²) in [6.07, 6.45) is 2.19. The highest BCUT2D eigenvalue weighted by molar-refractivity contribution is 7.09. The summed E-state index contributed by atoms with van der Waals surface area (Å²) in [6.45, 7) is 11.4. The molecule has 0 radical (unpaired) electrons. The molecule has 0 spiro atoms. The lowest BCUT2D eigenvalue weighted by atomic mass is 9.73. The van der Waals surface area contributed by atoms with Gasteiger partial charge in [0.05, 0.1) is 41.4 Å². The average Bonchev–Trinajstić information content (AvgIpc) is 3.29. The molecule has 8 atom stereocenters. The molecule has 0 bridgehead atoms. The smallest absolute Gasteiger partial charge is 0.309 e. The van der Waals surface area contributed by atoms with Crippen molar-refractivity contribution in [3.63, 3.8) is 0 Å². The van der Waals surface area contributed by atoms with Crippen LogP contribution in [-0.4, -0.2) is 80.5 Å². The Morgan fingerprint density at radius 3 is 2.57 bits per heavy atom. The average molecular weight is 537 g/mol. The number of hydrogen-bond acceptors (Lipinski definition) is 9. The fourth-order valence-corrected chi connectivity index (χ4v) is 6.22. The van der Waals surface area contributed by atoms with Crippen molar-refractivity contribution in [2.45, 2.75) is 104 Å². The molecule has 1 aromatic rings. The molecule has 2 aliphatic rings. The van der Waals surface area contributed by atoms with E-state index in [1.54, 1.807) is 32.1 Å². The molecule has 0 aromatic carbocycles. The number of esters is 1. The number of ketones is 1. The van der Waals surface area contributed by atoms with Crippen molar-refractivity contribution in [2.75, 3.05) is 13.2 Å². The van der Waals surface area contributed by atoms with Crippen molar-refractivity contribution < 1.29 is 29.6 Å². The summed E-state index contributed by atoms with van der Waals surface area (Å²) in [5, 5.41) is 34.3. The number of carbonyl (C=O) groups excluding carboxylic acids is 2. The lowest BCUT2D eigenvalue weighted by Gasteiger charge is -2.34. The van der Waals surface area contributed by atoms with E-state index in [0.717, 1.165) is 35.5 Å². The van der Waals surface area contributed by atoms with Gasteiger partial charge >= 0.3 is 5.97 Å². The second-order valence-electron chi connectivity index (χ2n) is 11.5. The van der Waals surface area contributed by atoms with Crippen LogP contribution >= 0.6 is 11.3 Å². The van der Waals surface area contributed by atoms with E-state index in [1.165, 1.54) is 0 Å². The molecule has 2 aliphatic heterocycles. The molecule has 2 fully saturated rings. The number of Topliss-reactive ketones (excluding diaryl/α,β-unsaturated/α-hetero) is 1. The molecule has 0 aliphatic carbocycles. The lowest BCUT2D eigenvalue weighted by molar-refractivity contribution is -0.154. The number of fused-ring (bicyclic) bond motifs is 1. The van der Waals surface area contributed by atoms with Gasteiger partial charge in [-0.2, -0.15) is 0 Å². The second kappa shape index (κ2) is 12.5. The van der Waals surface area contributed by atoms with Crippen molar-refractivity contribution in [3.05, 3.63) is 21.7 Å². The van der Waals surface area contributed by atoms with E-state index in [4.69, 9.17) is 4.74 Å². The first-order valence-electron chi connectivity index (χ1n) is 13.4. The zero-order valence-corrected chi connectivity index (χ0v) is 23.8. The standard InChI is InChI=1S/C28H44N2O6S/c1-16-8-7-9-21-22(30(21)10-11-31)13-23(17(2)12-20-15-37-19(4)29-20)36-25(33)14-24(32)28(5,6)27(35)18(3)26(16)34/h12,15-16,18,21-24,26,31-32,34H,7-11,13-14H2,1-6H3/b17-12+/t16-,18+,21+,22?,23?,24-,26-,30?/m0/s1. The molecular formula is C28H44N2O6S. The number of aromatic nitrogens is 1. The Balaban J connectivity index is 1.88. The molecule has 3 heterocycles. The minimum atomic E-state index is -1.24. The van der Waals surface area contributed by atoms with Gasteiger partial charge in [-0.05, 0) is 44.3 Å². The van der Waals surface area contributed by atoms with E-state index in [2.05, 4.69) is 9.88 Å². The van der Waals surface area contributed by atoms with Gasteiger partial charge in [-0.3, -0.25) is 14.5 Å². The Hall–Kier alpha value is -1.65. The van der Waals surface area contributed by atoms with Gasteiger partial charge < -0.3 is 20.1 Å². The number of β-amino-alcohol motifs (C(OH)–C–C–N with tert-alkyl or cyclic N) is 1. The first kappa shape index (κ1) is 29.9. The van der Waals surface area contributed by atoms with Crippen LogP contribution in [0.5, 0.6) is 0 Å². The van der Waals surface area contributed by atoms with Crippen LogP contribution in [0.1, 0.15) is 77.4 Å². The number of carbonyl (C=O) groups is 2. The van der Waals surface area contributed by atoms with E-state index < -0.39 is 35.6 Å². The van der Waals surface area contributed by atoms with Crippen LogP contribution in [0.3, 0.4) is 0 Å². The maximum atomic E-state index is 13.3. The van der Waals surface area contributed by atoms with Gasteiger partial charge in [0.2, 0.25) is 0 Å². The van der Waals surface area contributed by atoms with E-state index in [9.17, 15) is 24.9 Å². The molecule has 3 N–H and O–H groups in total. The van der Waals surface area contributed by atoms with Gasteiger partial charge in [0.1, 0.15) is 11.9 Å². The van der Waals surface area contributed by atoms with Gasteiger partial charge in [-0.15, -0.1) is 11.3 Å². The van der Waals surface area contributed by atoms with Crippen molar-refractivity contribution in [2.24, 2.45) is 17.3 Å². The summed E-state index contributed by atoms with van der Waals surface area (Å²) in [5.41, 5.74) is 0.467. The number of nitrogens with zero attached hydrogens (tertiary/aromatic N) is 2. The van der Waals surface area contributed by atoms with E-state index in [-0.39, 0.29) is 36.8 Å². The van der Waals surface area contributed by atoms with Crippen LogP contribution in [0.25, 0.3) is 6.08 Å². The predicted molar refractivity (Wildman–Crippen MR) is 144 cm³/mol. The quantitative estimate of drug-likeness (QED) is 0.396. The van der Waals surface area contributed by atoms with Crippen LogP contribution in [0.4, 0.5) is 0 Å². The number of aliphatic hydroxyl groups is 3. The molecule has 3 unspecified atom stereocenters. The minimum absolute atomic E-state index is 0.0559. The van der Waals surface area contributed by atoms with Crippen molar-refractivity contribution in [3.8, 4) is 0 Å². The number of hydrogen-bond donors (Lipinski definition) is 3. The Morgan fingerprint density at radius 2 is 1.95 bits per heavy atom. The second-order valence-corrected chi connectivity index (χ2v) is 12.5. The molecule has 9 heteroatoms. The largest absolute Gasteiger partial charge is 0.458 e. The van der Waals surface area contributed by atoms with Gasteiger partial charge in [0, 0.05) is 36.3 Å². The molecule has 208 valence electrons. The van der Waals surface area contributed by atoms with Gasteiger partial charge in [0.25, 0.3) is 0 Å². The molecule has 37 heavy (non-hydrogen) atoms. The summed E-state index contributed by atoms with van der Waals surface area (Å²) < 4.78 is 5.94. The third-order valence-corrected chi connectivity index (χ3v) is 9.10. The number of thiazole rings is 1. The number of rotatable bonds is 4. The number of ether oxygens (including phenoxy) is 1. The Labute approximate surface area is 224 Å². The summed E-state index contributed by atoms with van der Waals surface area (Å²) >= 11 is 1.55. The third-order valence-electron chi connectivity index (χ3n) is 8.31. The van der Waals surface area contributed by atoms with Crippen LogP contribution in [0.15, 0.2) is 11.0 Å². The molecule has 0 amide bonds. The monoisotopic (exact) mass is 536 g/mol. The highest BCUT2D eigenvalue weighted by Crippen LogP contribution is 2.39. The summed E-state index contributed by atoms with van der Waals surface area (Å²) in [7, 11) is 0. The molecule has 3 rings (SSSR count). The highest BCUT2D eigenvalue weighted by atomic mass is 32.1.